The fraction of sp³-hybridized carbons (Fsp3) is 0.538. The lowest BCUT2D eigenvalue weighted by Crippen LogP contribution is -2.27. The van der Waals surface area contributed by atoms with Crippen LogP contribution < -0.4 is 5.32 Å². The van der Waals surface area contributed by atoms with E-state index in [1.54, 1.807) is 13.8 Å². The van der Waals surface area contributed by atoms with E-state index in [2.05, 4.69) is 5.32 Å². The highest BCUT2D eigenvalue weighted by atomic mass is 35.6. The third-order valence-electron chi connectivity index (χ3n) is 2.59. The quantitative estimate of drug-likeness (QED) is 0.625. The second kappa shape index (κ2) is 7.18. The van der Waals surface area contributed by atoms with Gasteiger partial charge in [0.2, 0.25) is 0 Å². The molecule has 8 heteroatoms. The van der Waals surface area contributed by atoms with Crippen LogP contribution in [0, 0.1) is 6.92 Å². The van der Waals surface area contributed by atoms with E-state index in [1.807, 2.05) is 13.8 Å². The van der Waals surface area contributed by atoms with Crippen LogP contribution in [0.3, 0.4) is 0 Å². The number of anilines is 1. The van der Waals surface area contributed by atoms with Gasteiger partial charge < -0.3 is 10.1 Å². The van der Waals surface area contributed by atoms with Gasteiger partial charge in [0.25, 0.3) is 9.70 Å². The summed E-state index contributed by atoms with van der Waals surface area (Å²) in [5.41, 5.74) is 1.15. The minimum Gasteiger partial charge on any atom is -0.459 e. The van der Waals surface area contributed by atoms with E-state index in [9.17, 15) is 9.59 Å². The standard InChI is InChI=1S/C13H16Cl3NO3S/c1-5-8-7(4)21-10(17-12(19)13(14,15)16)9(8)11(18)20-6(2)3/h6H,5H2,1-4H3,(H,17,19). The van der Waals surface area contributed by atoms with Crippen LogP contribution in [0.25, 0.3) is 0 Å². The van der Waals surface area contributed by atoms with Crippen LogP contribution in [0.1, 0.15) is 41.6 Å². The number of ether oxygens (including phenoxy) is 1. The summed E-state index contributed by atoms with van der Waals surface area (Å²) in [4.78, 5) is 24.9. The van der Waals surface area contributed by atoms with Crippen molar-refractivity contribution in [2.75, 3.05) is 5.32 Å². The average molecular weight is 373 g/mol. The van der Waals surface area contributed by atoms with Crippen molar-refractivity contribution in [1.29, 1.82) is 0 Å². The Morgan fingerprint density at radius 2 is 1.90 bits per heavy atom. The molecule has 0 fully saturated rings. The first kappa shape index (κ1) is 18.6. The summed E-state index contributed by atoms with van der Waals surface area (Å²) >= 11 is 17.9. The summed E-state index contributed by atoms with van der Waals surface area (Å²) in [7, 11) is 0. The van der Waals surface area contributed by atoms with Gasteiger partial charge in [-0.05, 0) is 32.8 Å². The van der Waals surface area contributed by atoms with Crippen LogP contribution in [0.4, 0.5) is 5.00 Å². The van der Waals surface area contributed by atoms with Crippen molar-refractivity contribution in [2.45, 2.75) is 44.0 Å². The molecule has 0 saturated carbocycles. The van der Waals surface area contributed by atoms with Crippen molar-refractivity contribution in [3.05, 3.63) is 16.0 Å². The molecule has 0 radical (unpaired) electrons. The van der Waals surface area contributed by atoms with Crippen LogP contribution in [0.15, 0.2) is 0 Å². The van der Waals surface area contributed by atoms with Crippen molar-refractivity contribution in [3.8, 4) is 0 Å². The predicted octanol–water partition coefficient (Wildman–Crippen LogP) is 4.49. The number of thiophene rings is 1. The molecule has 118 valence electrons. The fourth-order valence-corrected chi connectivity index (χ4v) is 3.03. The number of rotatable bonds is 4. The fourth-order valence-electron chi connectivity index (χ4n) is 1.76. The van der Waals surface area contributed by atoms with E-state index in [-0.39, 0.29) is 6.10 Å². The van der Waals surface area contributed by atoms with Crippen molar-refractivity contribution < 1.29 is 14.3 Å². The molecule has 1 aromatic rings. The minimum absolute atomic E-state index is 0.265. The number of alkyl halides is 3. The Morgan fingerprint density at radius 1 is 1.33 bits per heavy atom. The van der Waals surface area contributed by atoms with E-state index in [1.165, 1.54) is 11.3 Å². The molecule has 0 bridgehead atoms. The molecule has 1 rings (SSSR count). The number of nitrogens with one attached hydrogen (secondary N) is 1. The lowest BCUT2D eigenvalue weighted by Gasteiger charge is -2.13. The Kier molecular flexibility index (Phi) is 6.35. The molecule has 1 amide bonds. The maximum atomic E-state index is 12.2. The summed E-state index contributed by atoms with van der Waals surface area (Å²) in [6, 6.07) is 0. The molecule has 0 spiro atoms. The normalized spacial score (nSPS) is 11.6. The topological polar surface area (TPSA) is 55.4 Å². The summed E-state index contributed by atoms with van der Waals surface area (Å²) in [6.45, 7) is 7.28. The number of carbonyl (C=O) groups is 2. The number of hydrogen-bond donors (Lipinski definition) is 1. The number of aryl methyl sites for hydroxylation is 1. The van der Waals surface area contributed by atoms with Gasteiger partial charge in [0, 0.05) is 4.88 Å². The van der Waals surface area contributed by atoms with Gasteiger partial charge in [0.05, 0.1) is 11.7 Å². The van der Waals surface area contributed by atoms with E-state index < -0.39 is 15.7 Å². The van der Waals surface area contributed by atoms with Gasteiger partial charge in [-0.15, -0.1) is 11.3 Å². The SMILES string of the molecule is CCc1c(C)sc(NC(=O)C(Cl)(Cl)Cl)c1C(=O)OC(C)C. The number of carbonyl (C=O) groups excluding carboxylic acids is 2. The average Bonchev–Trinajstić information content (AvgIpc) is 2.62. The molecule has 0 atom stereocenters. The van der Waals surface area contributed by atoms with Gasteiger partial charge in [-0.1, -0.05) is 41.7 Å². The zero-order chi connectivity index (χ0) is 16.4. The molecule has 0 saturated heterocycles. The summed E-state index contributed by atoms with van der Waals surface area (Å²) in [5.74, 6) is -1.30. The van der Waals surface area contributed by atoms with E-state index in [0.717, 1.165) is 10.4 Å². The third-order valence-corrected chi connectivity index (χ3v) is 4.17. The predicted molar refractivity (Wildman–Crippen MR) is 87.9 cm³/mol. The van der Waals surface area contributed by atoms with Crippen LogP contribution in [-0.2, 0) is 16.0 Å². The number of halogens is 3. The van der Waals surface area contributed by atoms with Gasteiger partial charge in [0.15, 0.2) is 0 Å². The second-order valence-corrected chi connectivity index (χ2v) is 8.11. The zero-order valence-electron chi connectivity index (χ0n) is 12.1. The summed E-state index contributed by atoms with van der Waals surface area (Å²) < 4.78 is 3.12. The van der Waals surface area contributed by atoms with Crippen molar-refractivity contribution in [1.82, 2.24) is 0 Å². The largest absolute Gasteiger partial charge is 0.459 e. The highest BCUT2D eigenvalue weighted by Crippen LogP contribution is 2.36. The molecule has 0 aliphatic carbocycles. The Hall–Kier alpha value is -0.490. The van der Waals surface area contributed by atoms with E-state index >= 15 is 0 Å². The molecule has 0 aliphatic heterocycles. The third kappa shape index (κ3) is 4.74. The molecule has 1 N–H and O–H groups in total. The Morgan fingerprint density at radius 3 is 2.33 bits per heavy atom. The monoisotopic (exact) mass is 371 g/mol. The van der Waals surface area contributed by atoms with Crippen molar-refractivity contribution in [2.24, 2.45) is 0 Å². The Labute approximate surface area is 142 Å². The van der Waals surface area contributed by atoms with E-state index in [0.29, 0.717) is 17.0 Å². The van der Waals surface area contributed by atoms with Crippen molar-refractivity contribution in [3.63, 3.8) is 0 Å². The molecule has 21 heavy (non-hydrogen) atoms. The summed E-state index contributed by atoms with van der Waals surface area (Å²) in [5, 5.41) is 2.82. The highest BCUT2D eigenvalue weighted by Gasteiger charge is 2.33. The maximum absolute atomic E-state index is 12.2. The van der Waals surface area contributed by atoms with Gasteiger partial charge in [-0.2, -0.15) is 0 Å². The lowest BCUT2D eigenvalue weighted by atomic mass is 10.1. The Balaban J connectivity index is 3.21. The zero-order valence-corrected chi connectivity index (χ0v) is 15.1. The molecular weight excluding hydrogens is 357 g/mol. The van der Waals surface area contributed by atoms with Crippen molar-refractivity contribution >= 4 is 63.0 Å². The second-order valence-electron chi connectivity index (χ2n) is 4.60. The molecule has 1 heterocycles. The first-order chi connectivity index (χ1) is 9.57. The molecular formula is C13H16Cl3NO3S. The van der Waals surface area contributed by atoms with E-state index in [4.69, 9.17) is 39.5 Å². The van der Waals surface area contributed by atoms with Gasteiger partial charge >= 0.3 is 5.97 Å². The number of hydrogen-bond acceptors (Lipinski definition) is 4. The van der Waals surface area contributed by atoms with Crippen LogP contribution in [-0.4, -0.2) is 21.8 Å². The first-order valence-electron chi connectivity index (χ1n) is 6.29. The van der Waals surface area contributed by atoms with Gasteiger partial charge in [-0.25, -0.2) is 4.79 Å². The van der Waals surface area contributed by atoms with Crippen LogP contribution in [0.5, 0.6) is 0 Å². The smallest absolute Gasteiger partial charge is 0.341 e. The maximum Gasteiger partial charge on any atom is 0.341 e. The molecule has 4 nitrogen and oxygen atoms in total. The summed E-state index contributed by atoms with van der Waals surface area (Å²) in [6.07, 6.45) is 0.369. The lowest BCUT2D eigenvalue weighted by molar-refractivity contribution is -0.115. The van der Waals surface area contributed by atoms with Gasteiger partial charge in [-0.3, -0.25) is 4.79 Å². The number of amides is 1. The molecule has 0 aromatic carbocycles. The first-order valence-corrected chi connectivity index (χ1v) is 8.24. The molecule has 0 aliphatic rings. The number of esters is 1. The Bertz CT molecular complexity index is 550. The highest BCUT2D eigenvalue weighted by molar-refractivity contribution is 7.17. The molecule has 0 unspecified atom stereocenters. The van der Waals surface area contributed by atoms with Crippen LogP contribution >= 0.6 is 46.1 Å². The van der Waals surface area contributed by atoms with Gasteiger partial charge in [0.1, 0.15) is 5.00 Å². The van der Waals surface area contributed by atoms with Crippen LogP contribution in [0.2, 0.25) is 0 Å². The molecule has 1 aromatic heterocycles. The minimum atomic E-state index is -2.09.